The molecule has 10 heavy (non-hydrogen) atoms. The zero-order chi connectivity index (χ0) is 7.28. The van der Waals surface area contributed by atoms with E-state index in [2.05, 4.69) is 22.8 Å². The summed E-state index contributed by atoms with van der Waals surface area (Å²) >= 11 is 0. The summed E-state index contributed by atoms with van der Waals surface area (Å²) < 4.78 is 0. The molecule has 0 bridgehead atoms. The van der Waals surface area contributed by atoms with Crippen LogP contribution in [0.1, 0.15) is 0 Å². The van der Waals surface area contributed by atoms with E-state index < -0.39 is 11.6 Å². The van der Waals surface area contributed by atoms with Gasteiger partial charge in [-0.2, -0.15) is 5.26 Å². The SMILES string of the molecule is [CH2-]O/N=C(\C#N)C(N)=O.[W]. The van der Waals surface area contributed by atoms with Gasteiger partial charge in [-0.05, 0) is 0 Å². The minimum atomic E-state index is -0.929. The Kier molecular flexibility index (Phi) is 7.40. The van der Waals surface area contributed by atoms with Crippen molar-refractivity contribution in [2.75, 3.05) is 0 Å². The third kappa shape index (κ3) is 4.04. The molecule has 0 unspecified atom stereocenters. The number of carbonyl (C=O) groups is 1. The van der Waals surface area contributed by atoms with E-state index in [0.717, 1.165) is 0 Å². The Bertz CT molecular complexity index is 183. The van der Waals surface area contributed by atoms with Gasteiger partial charge in [0, 0.05) is 21.1 Å². The van der Waals surface area contributed by atoms with E-state index >= 15 is 0 Å². The first-order valence-electron chi connectivity index (χ1n) is 1.91. The third-order valence-corrected chi connectivity index (χ3v) is 0.495. The van der Waals surface area contributed by atoms with E-state index in [0.29, 0.717) is 0 Å². The third-order valence-electron chi connectivity index (χ3n) is 0.495. The van der Waals surface area contributed by atoms with Crippen LogP contribution in [0.5, 0.6) is 0 Å². The molecule has 0 heterocycles. The largest absolute Gasteiger partial charge is 0.569 e. The molecule has 2 N–H and O–H groups in total. The maximum Gasteiger partial charge on any atom is 0.281 e. The molecule has 0 fully saturated rings. The normalized spacial score (nSPS) is 9.00. The Morgan fingerprint density at radius 2 is 2.30 bits per heavy atom. The monoisotopic (exact) mass is 310 g/mol. The van der Waals surface area contributed by atoms with Crippen LogP contribution in [-0.2, 0) is 30.7 Å². The van der Waals surface area contributed by atoms with Gasteiger partial charge in [0.25, 0.3) is 5.91 Å². The Labute approximate surface area is 72.1 Å². The second kappa shape index (κ2) is 6.24. The first-order chi connectivity index (χ1) is 4.22. The molecule has 5 nitrogen and oxygen atoms in total. The molecule has 0 aromatic rings. The van der Waals surface area contributed by atoms with Gasteiger partial charge in [0.1, 0.15) is 6.07 Å². The van der Waals surface area contributed by atoms with Crippen molar-refractivity contribution in [2.45, 2.75) is 0 Å². The van der Waals surface area contributed by atoms with Gasteiger partial charge in [0.15, 0.2) is 0 Å². The summed E-state index contributed by atoms with van der Waals surface area (Å²) in [6, 6.07) is 1.41. The van der Waals surface area contributed by atoms with Crippen molar-refractivity contribution >= 4 is 11.6 Å². The molecule has 0 spiro atoms. The Morgan fingerprint density at radius 3 is 2.40 bits per heavy atom. The van der Waals surface area contributed by atoms with Gasteiger partial charge in [0.2, 0.25) is 5.71 Å². The molecule has 0 radical (unpaired) electrons. The average Bonchev–Trinajstić information content (AvgIpc) is 1.82. The number of nitrogens with zero attached hydrogens (tertiary/aromatic N) is 2. The molecule has 54 valence electrons. The minimum Gasteiger partial charge on any atom is -0.569 e. The van der Waals surface area contributed by atoms with Gasteiger partial charge < -0.3 is 10.6 Å². The number of nitrogens with two attached hydrogens (primary N) is 1. The molecule has 0 saturated carbocycles. The Hall–Kier alpha value is -0.882. The van der Waals surface area contributed by atoms with Gasteiger partial charge in [0.05, 0.1) is 0 Å². The molecule has 6 heteroatoms. The van der Waals surface area contributed by atoms with E-state index in [4.69, 9.17) is 5.26 Å². The molecular weight excluding hydrogens is 306 g/mol. The number of nitriles is 1. The molecule has 0 saturated heterocycles. The molecule has 0 aliphatic rings. The van der Waals surface area contributed by atoms with Crippen molar-refractivity contribution in [2.24, 2.45) is 10.9 Å². The van der Waals surface area contributed by atoms with Crippen LogP contribution in [0.3, 0.4) is 0 Å². The van der Waals surface area contributed by atoms with Crippen LogP contribution in [0.4, 0.5) is 0 Å². The molecule has 0 aromatic carbocycles. The number of rotatable bonds is 2. The molecule has 0 aromatic heterocycles. The van der Waals surface area contributed by atoms with Crippen LogP contribution < -0.4 is 5.73 Å². The zero-order valence-corrected chi connectivity index (χ0v) is 7.84. The van der Waals surface area contributed by atoms with Gasteiger partial charge in [-0.25, -0.2) is 0 Å². The average molecular weight is 310 g/mol. The predicted octanol–water partition coefficient (Wildman–Crippen LogP) is -0.843. The fraction of sp³-hybridized carbons (Fsp3) is 0. The quantitative estimate of drug-likeness (QED) is 0.410. The second-order valence-electron chi connectivity index (χ2n) is 1.05. The number of amides is 1. The Morgan fingerprint density at radius 1 is 1.80 bits per heavy atom. The zero-order valence-electron chi connectivity index (χ0n) is 4.90. The van der Waals surface area contributed by atoms with Crippen LogP contribution in [-0.4, -0.2) is 11.6 Å². The first-order valence-corrected chi connectivity index (χ1v) is 1.91. The predicted molar refractivity (Wildman–Crippen MR) is 28.7 cm³/mol. The van der Waals surface area contributed by atoms with Crippen molar-refractivity contribution in [3.8, 4) is 6.07 Å². The number of hydrogen-bond acceptors (Lipinski definition) is 4. The smallest absolute Gasteiger partial charge is 0.281 e. The van der Waals surface area contributed by atoms with Gasteiger partial charge in [-0.15, -0.1) is 12.3 Å². The summed E-state index contributed by atoms with van der Waals surface area (Å²) in [6.45, 7) is 0. The second-order valence-corrected chi connectivity index (χ2v) is 1.05. The minimum absolute atomic E-state index is 0. The number of hydrogen-bond donors (Lipinski definition) is 1. The maximum absolute atomic E-state index is 10.1. The maximum atomic E-state index is 10.1. The van der Waals surface area contributed by atoms with E-state index in [-0.39, 0.29) is 21.1 Å². The van der Waals surface area contributed by atoms with Crippen LogP contribution >= 0.6 is 0 Å². The fourth-order valence-corrected chi connectivity index (χ4v) is 0.185. The van der Waals surface area contributed by atoms with E-state index in [1.54, 1.807) is 0 Å². The van der Waals surface area contributed by atoms with E-state index in [1.807, 2.05) is 0 Å². The van der Waals surface area contributed by atoms with Crippen molar-refractivity contribution in [1.82, 2.24) is 0 Å². The summed E-state index contributed by atoms with van der Waals surface area (Å²) in [5, 5.41) is 11.0. The Balaban J connectivity index is 0. The molecule has 1 amide bonds. The van der Waals surface area contributed by atoms with Crippen molar-refractivity contribution in [3.05, 3.63) is 7.11 Å². The summed E-state index contributed by atoms with van der Waals surface area (Å²) in [5.74, 6) is -0.929. The summed E-state index contributed by atoms with van der Waals surface area (Å²) in [6.07, 6.45) is 0. The molecule has 0 aliphatic carbocycles. The number of oxime groups is 1. The van der Waals surface area contributed by atoms with E-state index in [1.165, 1.54) is 6.07 Å². The molecular formula is C4H4N3O2W-. The number of primary amides is 1. The standard InChI is InChI=1S/C4H4N3O2.W/c1-9-7-3(2-5)4(6)8;/h1H2,(H2,6,8);/q-1;/b7-3+;. The van der Waals surface area contributed by atoms with Crippen molar-refractivity contribution in [3.63, 3.8) is 0 Å². The summed E-state index contributed by atoms with van der Waals surface area (Å²) in [4.78, 5) is 14.0. The fourth-order valence-electron chi connectivity index (χ4n) is 0.185. The van der Waals surface area contributed by atoms with Crippen LogP contribution in [0, 0.1) is 18.4 Å². The van der Waals surface area contributed by atoms with Crippen LogP contribution in [0.2, 0.25) is 0 Å². The number of carbonyl (C=O) groups excluding carboxylic acids is 1. The summed E-state index contributed by atoms with van der Waals surface area (Å²) in [7, 11) is 2.81. The molecule has 0 aliphatic heterocycles. The van der Waals surface area contributed by atoms with Crippen molar-refractivity contribution < 1.29 is 30.7 Å². The van der Waals surface area contributed by atoms with Crippen molar-refractivity contribution in [1.29, 1.82) is 5.26 Å². The van der Waals surface area contributed by atoms with Crippen LogP contribution in [0.15, 0.2) is 5.16 Å². The summed E-state index contributed by atoms with van der Waals surface area (Å²) in [5.41, 5.74) is 4.14. The molecule has 0 atom stereocenters. The van der Waals surface area contributed by atoms with Gasteiger partial charge >= 0.3 is 0 Å². The van der Waals surface area contributed by atoms with Gasteiger partial charge in [-0.3, -0.25) is 4.79 Å². The van der Waals surface area contributed by atoms with Gasteiger partial charge in [-0.1, -0.05) is 0 Å². The molecule has 0 rings (SSSR count). The topological polar surface area (TPSA) is 88.5 Å². The van der Waals surface area contributed by atoms with E-state index in [9.17, 15) is 4.79 Å². The van der Waals surface area contributed by atoms with Crippen LogP contribution in [0.25, 0.3) is 0 Å². The first kappa shape index (κ1) is 11.9.